The van der Waals surface area contributed by atoms with Crippen LogP contribution in [0.4, 0.5) is 11.4 Å². The molecule has 4 heteroatoms. The zero-order chi connectivity index (χ0) is 15.1. The second-order valence-corrected chi connectivity index (χ2v) is 5.81. The van der Waals surface area contributed by atoms with Crippen molar-refractivity contribution in [2.75, 3.05) is 31.3 Å². The van der Waals surface area contributed by atoms with E-state index in [1.165, 1.54) is 6.42 Å². The summed E-state index contributed by atoms with van der Waals surface area (Å²) in [5.41, 5.74) is 8.13. The number of hydrogen-bond acceptors (Lipinski definition) is 3. The van der Waals surface area contributed by atoms with Crippen molar-refractivity contribution in [2.24, 2.45) is 5.92 Å². The SMILES string of the molecule is CC(C)CCCCNC(=O)c1ccc(N(C)C)c(N)c1. The van der Waals surface area contributed by atoms with E-state index < -0.39 is 0 Å². The fourth-order valence-corrected chi connectivity index (χ4v) is 2.08. The summed E-state index contributed by atoms with van der Waals surface area (Å²) >= 11 is 0. The molecule has 0 unspecified atom stereocenters. The lowest BCUT2D eigenvalue weighted by atomic mass is 10.1. The van der Waals surface area contributed by atoms with Crippen LogP contribution in [0.2, 0.25) is 0 Å². The molecule has 4 nitrogen and oxygen atoms in total. The first-order chi connectivity index (χ1) is 9.41. The number of amides is 1. The Labute approximate surface area is 122 Å². The Bertz CT molecular complexity index is 441. The minimum atomic E-state index is -0.0495. The van der Waals surface area contributed by atoms with Gasteiger partial charge in [-0.05, 0) is 30.5 Å². The minimum absolute atomic E-state index is 0.0495. The van der Waals surface area contributed by atoms with Gasteiger partial charge in [0.25, 0.3) is 5.91 Å². The van der Waals surface area contributed by atoms with Gasteiger partial charge < -0.3 is 16.0 Å². The van der Waals surface area contributed by atoms with Gasteiger partial charge in [0.15, 0.2) is 0 Å². The zero-order valence-electron chi connectivity index (χ0n) is 13.1. The van der Waals surface area contributed by atoms with E-state index >= 15 is 0 Å². The highest BCUT2D eigenvalue weighted by Crippen LogP contribution is 2.22. The Kier molecular flexibility index (Phi) is 6.36. The van der Waals surface area contributed by atoms with E-state index in [9.17, 15) is 4.79 Å². The van der Waals surface area contributed by atoms with E-state index in [0.29, 0.717) is 11.3 Å². The minimum Gasteiger partial charge on any atom is -0.397 e. The zero-order valence-corrected chi connectivity index (χ0v) is 13.1. The van der Waals surface area contributed by atoms with Crippen LogP contribution < -0.4 is 16.0 Å². The fourth-order valence-electron chi connectivity index (χ4n) is 2.08. The number of hydrogen-bond donors (Lipinski definition) is 2. The first-order valence-corrected chi connectivity index (χ1v) is 7.27. The Morgan fingerprint density at radius 3 is 2.55 bits per heavy atom. The number of nitrogens with one attached hydrogen (secondary N) is 1. The third-order valence-electron chi connectivity index (χ3n) is 3.27. The Morgan fingerprint density at radius 1 is 1.30 bits per heavy atom. The molecule has 1 aromatic carbocycles. The standard InChI is InChI=1S/C16H27N3O/c1-12(2)7-5-6-10-18-16(20)13-8-9-15(19(3)4)14(17)11-13/h8-9,11-12H,5-7,10,17H2,1-4H3,(H,18,20). The van der Waals surface area contributed by atoms with Gasteiger partial charge in [-0.15, -0.1) is 0 Å². The molecule has 0 radical (unpaired) electrons. The second-order valence-electron chi connectivity index (χ2n) is 5.81. The number of nitrogens with two attached hydrogens (primary N) is 1. The quantitative estimate of drug-likeness (QED) is 0.595. The molecule has 0 bridgehead atoms. The maximum Gasteiger partial charge on any atom is 0.251 e. The highest BCUT2D eigenvalue weighted by Gasteiger charge is 2.08. The van der Waals surface area contributed by atoms with Crippen molar-refractivity contribution in [3.8, 4) is 0 Å². The number of nitrogen functional groups attached to an aromatic ring is 1. The third kappa shape index (κ3) is 5.11. The van der Waals surface area contributed by atoms with Crippen molar-refractivity contribution < 1.29 is 4.79 Å². The molecule has 0 fully saturated rings. The van der Waals surface area contributed by atoms with Crippen LogP contribution in [-0.2, 0) is 0 Å². The first-order valence-electron chi connectivity index (χ1n) is 7.27. The normalized spacial score (nSPS) is 10.7. The third-order valence-corrected chi connectivity index (χ3v) is 3.27. The molecular formula is C16H27N3O. The Balaban J connectivity index is 2.46. The van der Waals surface area contributed by atoms with Crippen LogP contribution in [0.3, 0.4) is 0 Å². The molecule has 112 valence electrons. The van der Waals surface area contributed by atoms with Crippen molar-refractivity contribution in [1.82, 2.24) is 5.32 Å². The number of unbranched alkanes of at least 4 members (excludes halogenated alkanes) is 1. The average Bonchev–Trinajstić information content (AvgIpc) is 2.37. The Morgan fingerprint density at radius 2 is 2.00 bits per heavy atom. The van der Waals surface area contributed by atoms with E-state index in [4.69, 9.17) is 5.73 Å². The predicted octanol–water partition coefficient (Wildman–Crippen LogP) is 2.89. The average molecular weight is 277 g/mol. The smallest absolute Gasteiger partial charge is 0.251 e. The van der Waals surface area contributed by atoms with Gasteiger partial charge in [-0.3, -0.25) is 4.79 Å². The van der Waals surface area contributed by atoms with E-state index in [0.717, 1.165) is 31.0 Å². The Hall–Kier alpha value is -1.71. The van der Waals surface area contributed by atoms with E-state index in [2.05, 4.69) is 19.2 Å². The summed E-state index contributed by atoms with van der Waals surface area (Å²) in [5, 5.41) is 2.94. The van der Waals surface area contributed by atoms with Gasteiger partial charge in [-0.25, -0.2) is 0 Å². The molecule has 0 saturated heterocycles. The molecule has 0 aliphatic rings. The molecule has 0 heterocycles. The van der Waals surface area contributed by atoms with Crippen LogP contribution in [0, 0.1) is 5.92 Å². The van der Waals surface area contributed by atoms with Gasteiger partial charge in [0.2, 0.25) is 0 Å². The van der Waals surface area contributed by atoms with Crippen LogP contribution in [0.15, 0.2) is 18.2 Å². The summed E-state index contributed by atoms with van der Waals surface area (Å²) in [5.74, 6) is 0.677. The summed E-state index contributed by atoms with van der Waals surface area (Å²) in [4.78, 5) is 13.9. The van der Waals surface area contributed by atoms with Crippen LogP contribution in [-0.4, -0.2) is 26.5 Å². The van der Waals surface area contributed by atoms with Gasteiger partial charge in [0.05, 0.1) is 11.4 Å². The molecule has 0 aliphatic heterocycles. The highest BCUT2D eigenvalue weighted by atomic mass is 16.1. The number of benzene rings is 1. The topological polar surface area (TPSA) is 58.4 Å². The summed E-state index contributed by atoms with van der Waals surface area (Å²) < 4.78 is 0. The number of nitrogens with zero attached hydrogens (tertiary/aromatic N) is 1. The lowest BCUT2D eigenvalue weighted by Gasteiger charge is -2.16. The van der Waals surface area contributed by atoms with E-state index in [1.807, 2.05) is 31.1 Å². The van der Waals surface area contributed by atoms with Crippen molar-refractivity contribution in [3.05, 3.63) is 23.8 Å². The van der Waals surface area contributed by atoms with Crippen molar-refractivity contribution >= 4 is 17.3 Å². The molecule has 20 heavy (non-hydrogen) atoms. The van der Waals surface area contributed by atoms with Crippen LogP contribution in [0.25, 0.3) is 0 Å². The van der Waals surface area contributed by atoms with E-state index in [1.54, 1.807) is 6.07 Å². The number of anilines is 2. The van der Waals surface area contributed by atoms with Gasteiger partial charge in [-0.1, -0.05) is 26.7 Å². The van der Waals surface area contributed by atoms with Crippen molar-refractivity contribution in [2.45, 2.75) is 33.1 Å². The predicted molar refractivity (Wildman–Crippen MR) is 86.2 cm³/mol. The fraction of sp³-hybridized carbons (Fsp3) is 0.562. The largest absolute Gasteiger partial charge is 0.397 e. The maximum absolute atomic E-state index is 12.0. The second kappa shape index (κ2) is 7.78. The molecule has 0 spiro atoms. The summed E-state index contributed by atoms with van der Waals surface area (Å²) in [6.45, 7) is 5.15. The van der Waals surface area contributed by atoms with Crippen LogP contribution in [0.1, 0.15) is 43.5 Å². The van der Waals surface area contributed by atoms with Gasteiger partial charge in [0.1, 0.15) is 0 Å². The molecule has 0 saturated carbocycles. The number of carbonyl (C=O) groups is 1. The molecular weight excluding hydrogens is 250 g/mol. The molecule has 3 N–H and O–H groups in total. The molecule has 1 aromatic rings. The first kappa shape index (κ1) is 16.3. The van der Waals surface area contributed by atoms with E-state index in [-0.39, 0.29) is 5.91 Å². The summed E-state index contributed by atoms with van der Waals surface area (Å²) in [6.07, 6.45) is 3.38. The summed E-state index contributed by atoms with van der Waals surface area (Å²) in [6, 6.07) is 5.43. The highest BCUT2D eigenvalue weighted by molar-refractivity contribution is 5.96. The lowest BCUT2D eigenvalue weighted by molar-refractivity contribution is 0.0953. The molecule has 0 aromatic heterocycles. The van der Waals surface area contributed by atoms with Gasteiger partial charge >= 0.3 is 0 Å². The van der Waals surface area contributed by atoms with Gasteiger partial charge in [-0.2, -0.15) is 0 Å². The number of rotatable bonds is 7. The molecule has 1 rings (SSSR count). The number of carbonyl (C=O) groups excluding carboxylic acids is 1. The maximum atomic E-state index is 12.0. The van der Waals surface area contributed by atoms with Crippen LogP contribution >= 0.6 is 0 Å². The monoisotopic (exact) mass is 277 g/mol. The van der Waals surface area contributed by atoms with Crippen molar-refractivity contribution in [1.29, 1.82) is 0 Å². The molecule has 1 amide bonds. The molecule has 0 atom stereocenters. The summed E-state index contributed by atoms with van der Waals surface area (Å²) in [7, 11) is 3.86. The van der Waals surface area contributed by atoms with Gasteiger partial charge in [0, 0.05) is 26.2 Å². The lowest BCUT2D eigenvalue weighted by Crippen LogP contribution is -2.24. The van der Waals surface area contributed by atoms with Crippen LogP contribution in [0.5, 0.6) is 0 Å². The molecule has 0 aliphatic carbocycles. The van der Waals surface area contributed by atoms with Crippen molar-refractivity contribution in [3.63, 3.8) is 0 Å².